The van der Waals surface area contributed by atoms with Crippen molar-refractivity contribution in [1.29, 1.82) is 0 Å². The molecule has 2 aromatic carbocycles. The number of aryl methyl sites for hydroxylation is 1. The summed E-state index contributed by atoms with van der Waals surface area (Å²) in [5, 5.41) is 4.59. The Morgan fingerprint density at radius 2 is 1.87 bits per heavy atom. The van der Waals surface area contributed by atoms with Crippen LogP contribution in [0.25, 0.3) is 22.2 Å². The molecule has 0 spiro atoms. The number of hydrogen-bond donors (Lipinski definition) is 0. The first-order valence-electron chi connectivity index (χ1n) is 8.89. The van der Waals surface area contributed by atoms with Gasteiger partial charge in [0.05, 0.1) is 17.1 Å². The first kappa shape index (κ1) is 20.9. The molecule has 0 aliphatic heterocycles. The van der Waals surface area contributed by atoms with Gasteiger partial charge in [-0.15, -0.1) is 13.2 Å². The maximum Gasteiger partial charge on any atom is 0.573 e. The zero-order valence-corrected chi connectivity index (χ0v) is 17.4. The van der Waals surface area contributed by atoms with E-state index in [1.54, 1.807) is 37.3 Å². The lowest BCUT2D eigenvalue weighted by Crippen LogP contribution is -2.20. The van der Waals surface area contributed by atoms with Gasteiger partial charge < -0.3 is 9.15 Å². The molecule has 0 saturated carbocycles. The number of fused-ring (bicyclic) bond motifs is 1. The maximum absolute atomic E-state index is 12.7. The minimum absolute atomic E-state index is 0.324. The van der Waals surface area contributed by atoms with Crippen molar-refractivity contribution in [3.63, 3.8) is 0 Å². The van der Waals surface area contributed by atoms with Gasteiger partial charge in [-0.1, -0.05) is 15.9 Å². The second-order valence-electron chi connectivity index (χ2n) is 6.46. The largest absolute Gasteiger partial charge is 0.573 e. The molecule has 0 saturated heterocycles. The Morgan fingerprint density at radius 3 is 2.58 bits per heavy atom. The number of hydrogen-bond acceptors (Lipinski definition) is 5. The number of rotatable bonds is 4. The average molecular weight is 492 g/mol. The van der Waals surface area contributed by atoms with Gasteiger partial charge in [-0.25, -0.2) is 4.98 Å². The number of furan rings is 1. The summed E-state index contributed by atoms with van der Waals surface area (Å²) in [6.45, 7) is 1.67. The number of halogens is 4. The second-order valence-corrected chi connectivity index (χ2v) is 7.37. The van der Waals surface area contributed by atoms with E-state index in [1.807, 2.05) is 0 Å². The maximum atomic E-state index is 12.7. The highest BCUT2D eigenvalue weighted by atomic mass is 79.9. The number of benzene rings is 2. The van der Waals surface area contributed by atoms with Crippen molar-refractivity contribution in [2.75, 3.05) is 0 Å². The number of nitrogens with zero attached hydrogens (tertiary/aromatic N) is 3. The summed E-state index contributed by atoms with van der Waals surface area (Å²) in [5.74, 6) is 0.855. The van der Waals surface area contributed by atoms with Crippen LogP contribution in [-0.2, 0) is 0 Å². The van der Waals surface area contributed by atoms with E-state index in [0.29, 0.717) is 33.8 Å². The Balaban J connectivity index is 1.59. The quantitative estimate of drug-likeness (QED) is 0.353. The van der Waals surface area contributed by atoms with Gasteiger partial charge in [0.15, 0.2) is 0 Å². The summed E-state index contributed by atoms with van der Waals surface area (Å²) < 4.78 is 48.2. The van der Waals surface area contributed by atoms with Crippen molar-refractivity contribution in [3.05, 3.63) is 81.0 Å². The molecule has 0 amide bonds. The van der Waals surface area contributed by atoms with Crippen LogP contribution in [0.2, 0.25) is 0 Å². The highest BCUT2D eigenvalue weighted by Gasteiger charge is 2.31. The second kappa shape index (κ2) is 8.03. The average Bonchev–Trinajstić information content (AvgIpc) is 3.17. The van der Waals surface area contributed by atoms with Crippen LogP contribution in [-0.4, -0.2) is 22.2 Å². The van der Waals surface area contributed by atoms with Crippen molar-refractivity contribution < 1.29 is 22.3 Å². The third-order valence-corrected chi connectivity index (χ3v) is 4.76. The van der Waals surface area contributed by atoms with E-state index in [-0.39, 0.29) is 11.3 Å². The van der Waals surface area contributed by atoms with Gasteiger partial charge in [-0.3, -0.25) is 4.79 Å². The van der Waals surface area contributed by atoms with Gasteiger partial charge in [-0.2, -0.15) is 9.78 Å². The van der Waals surface area contributed by atoms with Gasteiger partial charge >= 0.3 is 6.36 Å². The molecule has 0 aliphatic carbocycles. The number of ether oxygens (including phenoxy) is 1. The lowest BCUT2D eigenvalue weighted by molar-refractivity contribution is -0.274. The molecule has 0 unspecified atom stereocenters. The van der Waals surface area contributed by atoms with Crippen molar-refractivity contribution >= 4 is 33.0 Å². The van der Waals surface area contributed by atoms with Gasteiger partial charge in [0, 0.05) is 10.0 Å². The monoisotopic (exact) mass is 491 g/mol. The normalized spacial score (nSPS) is 12.0. The van der Waals surface area contributed by atoms with Crippen LogP contribution in [0.15, 0.2) is 73.4 Å². The van der Waals surface area contributed by atoms with Crippen LogP contribution in [0.1, 0.15) is 11.6 Å². The molecular weight excluding hydrogens is 479 g/mol. The smallest absolute Gasteiger partial charge is 0.455 e. The molecule has 0 atom stereocenters. The minimum Gasteiger partial charge on any atom is -0.455 e. The summed E-state index contributed by atoms with van der Waals surface area (Å²) in [5.41, 5.74) is 0.794. The Hall–Kier alpha value is -3.40. The highest BCUT2D eigenvalue weighted by Crippen LogP contribution is 2.27. The Bertz CT molecular complexity index is 1340. The zero-order valence-electron chi connectivity index (χ0n) is 15.9. The molecule has 2 aromatic heterocycles. The molecule has 158 valence electrons. The summed E-state index contributed by atoms with van der Waals surface area (Å²) >= 11 is 3.34. The molecule has 31 heavy (non-hydrogen) atoms. The van der Waals surface area contributed by atoms with Crippen LogP contribution in [0.4, 0.5) is 13.2 Å². The zero-order chi connectivity index (χ0) is 22.2. The Morgan fingerprint density at radius 1 is 1.13 bits per heavy atom. The van der Waals surface area contributed by atoms with Gasteiger partial charge in [-0.05, 0) is 61.5 Å². The van der Waals surface area contributed by atoms with Crippen molar-refractivity contribution in [2.24, 2.45) is 5.10 Å². The molecule has 0 radical (unpaired) electrons. The third kappa shape index (κ3) is 4.69. The van der Waals surface area contributed by atoms with E-state index in [2.05, 4.69) is 30.8 Å². The van der Waals surface area contributed by atoms with E-state index in [1.165, 1.54) is 35.2 Å². The SMILES string of the molecule is Cc1nc2ccc(Br)cc2c(=O)n1N=Cc1ccc(-c2ccc(OC(F)(F)F)cc2)o1. The molecule has 0 fully saturated rings. The fraction of sp³-hybridized carbons (Fsp3) is 0.0952. The van der Waals surface area contributed by atoms with Crippen LogP contribution in [0.5, 0.6) is 5.75 Å². The van der Waals surface area contributed by atoms with Crippen LogP contribution < -0.4 is 10.3 Å². The van der Waals surface area contributed by atoms with Crippen LogP contribution in [0, 0.1) is 6.92 Å². The van der Waals surface area contributed by atoms with Crippen LogP contribution >= 0.6 is 15.9 Å². The Kier molecular flexibility index (Phi) is 5.40. The predicted molar refractivity (Wildman–Crippen MR) is 112 cm³/mol. The molecule has 10 heteroatoms. The molecule has 0 bridgehead atoms. The summed E-state index contributed by atoms with van der Waals surface area (Å²) in [4.78, 5) is 17.1. The van der Waals surface area contributed by atoms with Gasteiger partial charge in [0.1, 0.15) is 23.1 Å². The van der Waals surface area contributed by atoms with Gasteiger partial charge in [0.25, 0.3) is 5.56 Å². The molecule has 4 rings (SSSR count). The van der Waals surface area contributed by atoms with E-state index < -0.39 is 6.36 Å². The summed E-state index contributed by atoms with van der Waals surface area (Å²) in [7, 11) is 0. The lowest BCUT2D eigenvalue weighted by atomic mass is 10.2. The van der Waals surface area contributed by atoms with Crippen LogP contribution in [0.3, 0.4) is 0 Å². The highest BCUT2D eigenvalue weighted by molar-refractivity contribution is 9.10. The van der Waals surface area contributed by atoms with E-state index >= 15 is 0 Å². The minimum atomic E-state index is -4.75. The molecular formula is C21H13BrF3N3O3. The fourth-order valence-corrected chi connectivity index (χ4v) is 3.27. The number of alkyl halides is 3. The topological polar surface area (TPSA) is 69.6 Å². The summed E-state index contributed by atoms with van der Waals surface area (Å²) in [6.07, 6.45) is -3.38. The third-order valence-electron chi connectivity index (χ3n) is 4.27. The lowest BCUT2D eigenvalue weighted by Gasteiger charge is -2.08. The molecule has 6 nitrogen and oxygen atoms in total. The van der Waals surface area contributed by atoms with Crippen molar-refractivity contribution in [2.45, 2.75) is 13.3 Å². The van der Waals surface area contributed by atoms with E-state index in [9.17, 15) is 18.0 Å². The van der Waals surface area contributed by atoms with E-state index in [4.69, 9.17) is 4.42 Å². The fourth-order valence-electron chi connectivity index (χ4n) is 2.91. The first-order chi connectivity index (χ1) is 14.7. The Labute approximate surface area is 181 Å². The molecule has 2 heterocycles. The van der Waals surface area contributed by atoms with E-state index in [0.717, 1.165) is 4.47 Å². The molecule has 0 aliphatic rings. The molecule has 4 aromatic rings. The first-order valence-corrected chi connectivity index (χ1v) is 9.68. The number of aromatic nitrogens is 2. The standard InChI is InChI=1S/C21H13BrF3N3O3/c1-12-27-18-8-4-14(22)10-17(18)20(29)28(12)26-11-16-7-9-19(30-16)13-2-5-15(6-3-13)31-21(23,24)25/h2-11H,1H3. The summed E-state index contributed by atoms with van der Waals surface area (Å²) in [6, 6.07) is 13.8. The van der Waals surface area contributed by atoms with Gasteiger partial charge in [0.2, 0.25) is 0 Å². The van der Waals surface area contributed by atoms with Crippen molar-refractivity contribution in [3.8, 4) is 17.1 Å². The van der Waals surface area contributed by atoms with Crippen molar-refractivity contribution in [1.82, 2.24) is 9.66 Å². The predicted octanol–water partition coefficient (Wildman–Crippen LogP) is 5.51. The molecule has 0 N–H and O–H groups in total.